The molecule has 0 bridgehead atoms. The van der Waals surface area contributed by atoms with E-state index in [4.69, 9.17) is 5.73 Å². The van der Waals surface area contributed by atoms with E-state index in [9.17, 15) is 0 Å². The average molecular weight is 806 g/mol. The van der Waals surface area contributed by atoms with E-state index in [0.29, 0.717) is 5.82 Å². The van der Waals surface area contributed by atoms with E-state index in [0.717, 1.165) is 75.7 Å². The third kappa shape index (κ3) is 8.33. The van der Waals surface area contributed by atoms with Gasteiger partial charge in [0.2, 0.25) is 0 Å². The number of hydrogen-bond acceptors (Lipinski definition) is 2. The van der Waals surface area contributed by atoms with Crippen LogP contribution in [0.15, 0.2) is 169 Å². The van der Waals surface area contributed by atoms with Gasteiger partial charge >= 0.3 is 0 Å². The molecule has 0 aliphatic heterocycles. The first-order valence-corrected chi connectivity index (χ1v) is 22.2. The second-order valence-corrected chi connectivity index (χ2v) is 17.0. The summed E-state index contributed by atoms with van der Waals surface area (Å²) in [5.74, 6) is 0.654. The molecule has 1 aliphatic carbocycles. The number of aromatic amines is 1. The molecule has 3 nitrogen and oxygen atoms in total. The second-order valence-electron chi connectivity index (χ2n) is 17.0. The van der Waals surface area contributed by atoms with E-state index in [1.54, 1.807) is 0 Å². The van der Waals surface area contributed by atoms with Crippen LogP contribution in [-0.4, -0.2) is 20.7 Å². The van der Waals surface area contributed by atoms with Gasteiger partial charge in [-0.2, -0.15) is 0 Å². The number of rotatable bonds is 12. The van der Waals surface area contributed by atoms with Gasteiger partial charge in [0, 0.05) is 33.9 Å². The number of hydrogen-bond donors (Lipinski definition) is 3. The zero-order valence-corrected chi connectivity index (χ0v) is 37.4. The van der Waals surface area contributed by atoms with Crippen LogP contribution in [-0.2, 0) is 6.42 Å². The number of aryl methyl sites for hydroxylation is 1. The average Bonchev–Trinajstić information content (AvgIpc) is 3.62. The summed E-state index contributed by atoms with van der Waals surface area (Å²) in [4.78, 5) is 3.52. The summed E-state index contributed by atoms with van der Waals surface area (Å²) < 4.78 is 0. The summed E-state index contributed by atoms with van der Waals surface area (Å²) in [7, 11) is 4.48. The van der Waals surface area contributed by atoms with Crippen LogP contribution < -0.4 is 22.0 Å². The van der Waals surface area contributed by atoms with Gasteiger partial charge in [-0.25, -0.2) is 0 Å². The molecule has 0 atom stereocenters. The van der Waals surface area contributed by atoms with Crippen LogP contribution in [0.3, 0.4) is 0 Å². The van der Waals surface area contributed by atoms with Crippen LogP contribution in [0.1, 0.15) is 81.7 Å². The molecule has 0 saturated carbocycles. The Morgan fingerprint density at radius 1 is 0.774 bits per heavy atom. The highest BCUT2D eigenvalue weighted by Gasteiger charge is 2.24. The molecule has 1 aliphatic rings. The predicted molar refractivity (Wildman–Crippen MR) is 277 cm³/mol. The number of para-hydroxylation sites is 1. The van der Waals surface area contributed by atoms with Gasteiger partial charge in [-0.15, -0.1) is 0 Å². The molecule has 0 saturated heterocycles. The molecule has 4 N–H and O–H groups in total. The van der Waals surface area contributed by atoms with Crippen LogP contribution in [0.2, 0.25) is 0 Å². The lowest BCUT2D eigenvalue weighted by Gasteiger charge is -2.25. The smallest absolute Gasteiger partial charge is 0.140 e. The molecule has 306 valence electrons. The van der Waals surface area contributed by atoms with E-state index < -0.39 is 0 Å². The van der Waals surface area contributed by atoms with Crippen molar-refractivity contribution in [3.05, 3.63) is 197 Å². The Morgan fingerprint density at radius 2 is 1.53 bits per heavy atom. The molecule has 0 amide bonds. The first kappa shape index (κ1) is 42.0. The van der Waals surface area contributed by atoms with Crippen molar-refractivity contribution in [2.24, 2.45) is 0 Å². The SMILES string of the molecule is Bc1ccc(N/C=C(/C=C\C)c2c(-c3cc(C4=C(C)CCC=C4)cc(C(=C(C)C)c4ccccc4CCC)c3B)cccc2-c2c(N)[nH]c3ccccc23)c(-c2ccccc2)c1. The van der Waals surface area contributed by atoms with Crippen LogP contribution in [0.5, 0.6) is 0 Å². The number of nitrogens with two attached hydrogens (primary N) is 1. The normalized spacial score (nSPS) is 13.0. The summed E-state index contributed by atoms with van der Waals surface area (Å²) in [6, 6.07) is 46.4. The van der Waals surface area contributed by atoms with Crippen LogP contribution in [0.4, 0.5) is 11.5 Å². The van der Waals surface area contributed by atoms with Crippen molar-refractivity contribution in [2.45, 2.75) is 60.3 Å². The van der Waals surface area contributed by atoms with E-state index in [1.165, 1.54) is 66.6 Å². The number of benzene rings is 6. The largest absolute Gasteiger partial charge is 0.385 e. The minimum atomic E-state index is 0.654. The fraction of sp³-hybridized carbons (Fsp3) is 0.158. The van der Waals surface area contributed by atoms with Crippen LogP contribution in [0, 0.1) is 0 Å². The monoisotopic (exact) mass is 805 g/mol. The quantitative estimate of drug-likeness (QED) is 0.0851. The molecule has 6 aromatic carbocycles. The van der Waals surface area contributed by atoms with Gasteiger partial charge in [0.1, 0.15) is 21.5 Å². The summed E-state index contributed by atoms with van der Waals surface area (Å²) in [5, 5.41) is 4.91. The molecule has 7 aromatic rings. The zero-order chi connectivity index (χ0) is 43.3. The molecule has 0 fully saturated rings. The number of aromatic nitrogens is 1. The maximum atomic E-state index is 7.02. The fourth-order valence-electron chi connectivity index (χ4n) is 9.39. The van der Waals surface area contributed by atoms with Crippen molar-refractivity contribution < 1.29 is 0 Å². The van der Waals surface area contributed by atoms with Gasteiger partial charge in [-0.1, -0.05) is 163 Å². The molecule has 1 heterocycles. The van der Waals surface area contributed by atoms with E-state index in [1.807, 2.05) is 0 Å². The van der Waals surface area contributed by atoms with Gasteiger partial charge in [0.25, 0.3) is 0 Å². The van der Waals surface area contributed by atoms with Crippen molar-refractivity contribution in [3.63, 3.8) is 0 Å². The van der Waals surface area contributed by atoms with E-state index >= 15 is 0 Å². The molecule has 0 radical (unpaired) electrons. The fourth-order valence-corrected chi connectivity index (χ4v) is 9.39. The number of H-pyrrole nitrogens is 1. The minimum Gasteiger partial charge on any atom is -0.385 e. The predicted octanol–water partition coefficient (Wildman–Crippen LogP) is 12.2. The van der Waals surface area contributed by atoms with Crippen molar-refractivity contribution in [3.8, 4) is 33.4 Å². The zero-order valence-electron chi connectivity index (χ0n) is 37.4. The Bertz CT molecular complexity index is 2950. The van der Waals surface area contributed by atoms with Gasteiger partial charge in [-0.05, 0) is 138 Å². The highest BCUT2D eigenvalue weighted by Crippen LogP contribution is 2.44. The van der Waals surface area contributed by atoms with Gasteiger partial charge in [0.05, 0.1) is 0 Å². The van der Waals surface area contributed by atoms with Gasteiger partial charge in [0.15, 0.2) is 0 Å². The third-order valence-corrected chi connectivity index (χ3v) is 12.4. The van der Waals surface area contributed by atoms with Crippen LogP contribution in [0.25, 0.3) is 61.0 Å². The molecule has 0 unspecified atom stereocenters. The Kier molecular flexibility index (Phi) is 12.5. The van der Waals surface area contributed by atoms with Crippen molar-refractivity contribution >= 4 is 65.7 Å². The maximum absolute atomic E-state index is 7.02. The second kappa shape index (κ2) is 18.5. The highest BCUT2D eigenvalue weighted by atomic mass is 14.9. The topological polar surface area (TPSA) is 53.8 Å². The Balaban J connectivity index is 1.45. The lowest BCUT2D eigenvalue weighted by Crippen LogP contribution is -2.17. The first-order valence-electron chi connectivity index (χ1n) is 22.2. The van der Waals surface area contributed by atoms with E-state index in [2.05, 4.69) is 219 Å². The molecular formula is C57H57B2N3. The molecule has 0 spiro atoms. The molecule has 8 rings (SSSR count). The van der Waals surface area contributed by atoms with Crippen molar-refractivity contribution in [2.75, 3.05) is 11.1 Å². The lowest BCUT2D eigenvalue weighted by molar-refractivity contribution is 0.918. The molecule has 5 heteroatoms. The van der Waals surface area contributed by atoms with Crippen molar-refractivity contribution in [1.82, 2.24) is 4.98 Å². The number of fused-ring (bicyclic) bond motifs is 1. The third-order valence-electron chi connectivity index (χ3n) is 12.4. The summed E-state index contributed by atoms with van der Waals surface area (Å²) in [5.41, 5.74) is 31.0. The number of nitrogens with one attached hydrogen (secondary N) is 2. The summed E-state index contributed by atoms with van der Waals surface area (Å²) >= 11 is 0. The van der Waals surface area contributed by atoms with Gasteiger partial charge in [-0.3, -0.25) is 0 Å². The molecular weight excluding hydrogens is 748 g/mol. The minimum absolute atomic E-state index is 0.654. The molecule has 1 aromatic heterocycles. The Hall–Kier alpha value is -6.71. The van der Waals surface area contributed by atoms with Gasteiger partial charge < -0.3 is 16.0 Å². The summed E-state index contributed by atoms with van der Waals surface area (Å²) in [6.45, 7) is 11.2. The molecule has 62 heavy (non-hydrogen) atoms. The van der Waals surface area contributed by atoms with Crippen molar-refractivity contribution in [1.29, 1.82) is 0 Å². The number of nitrogen functional groups attached to an aromatic ring is 1. The highest BCUT2D eigenvalue weighted by molar-refractivity contribution is 6.39. The first-order chi connectivity index (χ1) is 30.2. The number of allylic oxidation sites excluding steroid dienone is 8. The number of anilines is 2. The standard InChI is InChI=1S/C57H57B2N3/c1-6-18-38-23-12-14-25-44(38)53(36(3)4)50-33-41(43-24-13-11-20-37(43)5)32-49(56(50)59)45-27-17-28-47(55-46-26-15-16-29-52(46)62-57(55)60)54(45)40(19-7-2)35-61-51-31-30-42(58)34-48(51)39-21-9-8-10-22-39/h7-10,12-17,19,21-35,61-62H,6,11,18,20,58-60H2,1-5H3/b19-7-,40-35-. The lowest BCUT2D eigenvalue weighted by atomic mass is 9.74. The maximum Gasteiger partial charge on any atom is 0.140 e. The van der Waals surface area contributed by atoms with Crippen LogP contribution >= 0.6 is 0 Å². The van der Waals surface area contributed by atoms with E-state index in [-0.39, 0.29) is 0 Å². The Morgan fingerprint density at radius 3 is 2.31 bits per heavy atom. The Labute approximate surface area is 370 Å². The summed E-state index contributed by atoms with van der Waals surface area (Å²) in [6.07, 6.45) is 15.5.